The van der Waals surface area contributed by atoms with E-state index in [1.165, 1.54) is 18.9 Å². The Morgan fingerprint density at radius 1 is 1.82 bits per heavy atom. The average molecular weight is 197 g/mol. The van der Waals surface area contributed by atoms with Crippen molar-refractivity contribution in [2.75, 3.05) is 19.4 Å². The predicted molar refractivity (Wildman–Crippen MR) is 47.5 cm³/mol. The fourth-order valence-electron chi connectivity index (χ4n) is 0.549. The van der Waals surface area contributed by atoms with E-state index in [-0.39, 0.29) is 12.4 Å². The number of alkyl carbamates (subject to hydrolysis) is 1. The molecule has 0 fully saturated rings. The smallest absolute Gasteiger partial charge is 0.412 e. The molecule has 0 atom stereocenters. The molecule has 0 saturated heterocycles. The molecule has 6 heteroatoms. The number of aliphatic imine (C=N–C) groups is 1. The van der Waals surface area contributed by atoms with Crippen LogP contribution >= 0.6 is 24.2 Å². The molecule has 1 rings (SSSR count). The lowest BCUT2D eigenvalue weighted by molar-refractivity contribution is 0.177. The number of hydrogen-bond donors (Lipinski definition) is 1. The van der Waals surface area contributed by atoms with Gasteiger partial charge < -0.3 is 4.74 Å². The van der Waals surface area contributed by atoms with Gasteiger partial charge in [-0.1, -0.05) is 11.8 Å². The first kappa shape index (κ1) is 10.6. The summed E-state index contributed by atoms with van der Waals surface area (Å²) in [4.78, 5) is 14.5. The van der Waals surface area contributed by atoms with Crippen LogP contribution in [0.4, 0.5) is 4.79 Å². The van der Waals surface area contributed by atoms with Gasteiger partial charge in [0.2, 0.25) is 0 Å². The van der Waals surface area contributed by atoms with Gasteiger partial charge in [0.1, 0.15) is 0 Å². The minimum absolute atomic E-state index is 0. The highest BCUT2D eigenvalue weighted by Gasteiger charge is 2.09. The molecule has 4 nitrogen and oxygen atoms in total. The topological polar surface area (TPSA) is 50.7 Å². The Bertz CT molecular complexity index is 174. The van der Waals surface area contributed by atoms with E-state index >= 15 is 0 Å². The molecule has 0 saturated carbocycles. The Balaban J connectivity index is 0.000001000. The lowest BCUT2D eigenvalue weighted by Crippen LogP contribution is -2.26. The third-order valence-corrected chi connectivity index (χ3v) is 1.87. The average Bonchev–Trinajstić information content (AvgIpc) is 2.40. The highest BCUT2D eigenvalue weighted by molar-refractivity contribution is 8.14. The van der Waals surface area contributed by atoms with Crippen LogP contribution in [0, 0.1) is 0 Å². The summed E-state index contributed by atoms with van der Waals surface area (Å²) in [7, 11) is 1.33. The molecule has 64 valence electrons. The van der Waals surface area contributed by atoms with Crippen LogP contribution in [0.1, 0.15) is 0 Å². The van der Waals surface area contributed by atoms with Gasteiger partial charge in [-0.15, -0.1) is 12.4 Å². The van der Waals surface area contributed by atoms with Crippen molar-refractivity contribution in [2.24, 2.45) is 4.99 Å². The molecule has 0 aromatic carbocycles. The minimum atomic E-state index is -0.451. The van der Waals surface area contributed by atoms with Crippen LogP contribution in [0.2, 0.25) is 0 Å². The molecule has 0 aromatic heterocycles. The SMILES string of the molecule is COC(=O)NC1=NCCS1.Cl. The third-order valence-electron chi connectivity index (χ3n) is 0.980. The number of hydrogen-bond acceptors (Lipinski definition) is 4. The maximum Gasteiger partial charge on any atom is 0.412 e. The van der Waals surface area contributed by atoms with Gasteiger partial charge in [0.15, 0.2) is 5.17 Å². The number of ether oxygens (including phenoxy) is 1. The second-order valence-electron chi connectivity index (χ2n) is 1.65. The molecular weight excluding hydrogens is 188 g/mol. The minimum Gasteiger partial charge on any atom is -0.453 e. The van der Waals surface area contributed by atoms with Crippen LogP contribution in [0.25, 0.3) is 0 Å². The van der Waals surface area contributed by atoms with Crippen LogP contribution in [0.15, 0.2) is 4.99 Å². The summed E-state index contributed by atoms with van der Waals surface area (Å²) in [5.74, 6) is 0.944. The molecule has 0 aromatic rings. The monoisotopic (exact) mass is 196 g/mol. The Kier molecular flexibility index (Phi) is 5.06. The molecule has 1 heterocycles. The number of rotatable bonds is 0. The summed E-state index contributed by atoms with van der Waals surface area (Å²) in [5.41, 5.74) is 0. The van der Waals surface area contributed by atoms with Crippen LogP contribution in [-0.2, 0) is 4.74 Å². The highest BCUT2D eigenvalue weighted by atomic mass is 35.5. The van der Waals surface area contributed by atoms with Gasteiger partial charge in [-0.3, -0.25) is 10.3 Å². The van der Waals surface area contributed by atoms with E-state index in [0.29, 0.717) is 5.17 Å². The number of amides is 1. The molecule has 1 aliphatic rings. The maximum atomic E-state index is 10.5. The Morgan fingerprint density at radius 3 is 3.00 bits per heavy atom. The zero-order valence-corrected chi connectivity index (χ0v) is 7.63. The van der Waals surface area contributed by atoms with Gasteiger partial charge in [-0.05, 0) is 0 Å². The van der Waals surface area contributed by atoms with Gasteiger partial charge >= 0.3 is 6.09 Å². The summed E-state index contributed by atoms with van der Waals surface area (Å²) in [5, 5.41) is 3.14. The standard InChI is InChI=1S/C5H8N2O2S.ClH/c1-9-5(8)7-4-6-2-3-10-4;/h2-3H2,1H3,(H,6,7,8);1H. The third kappa shape index (κ3) is 3.48. The van der Waals surface area contributed by atoms with E-state index in [1.807, 2.05) is 0 Å². The maximum absolute atomic E-state index is 10.5. The van der Waals surface area contributed by atoms with E-state index in [2.05, 4.69) is 15.0 Å². The van der Waals surface area contributed by atoms with E-state index in [4.69, 9.17) is 0 Å². The number of carbonyl (C=O) groups is 1. The number of halogens is 1. The summed E-state index contributed by atoms with van der Waals surface area (Å²) >= 11 is 1.52. The normalized spacial score (nSPS) is 14.8. The largest absolute Gasteiger partial charge is 0.453 e. The van der Waals surface area contributed by atoms with E-state index in [9.17, 15) is 4.79 Å². The van der Waals surface area contributed by atoms with Crippen LogP contribution in [0.5, 0.6) is 0 Å². The van der Waals surface area contributed by atoms with Crippen molar-refractivity contribution in [1.82, 2.24) is 5.32 Å². The van der Waals surface area contributed by atoms with Crippen LogP contribution in [-0.4, -0.2) is 30.7 Å². The van der Waals surface area contributed by atoms with Crippen molar-refractivity contribution >= 4 is 35.4 Å². The van der Waals surface area contributed by atoms with Gasteiger partial charge in [0.25, 0.3) is 0 Å². The van der Waals surface area contributed by atoms with Crippen LogP contribution < -0.4 is 5.32 Å². The molecule has 0 spiro atoms. The molecule has 1 aliphatic heterocycles. The van der Waals surface area contributed by atoms with E-state index < -0.39 is 6.09 Å². The van der Waals surface area contributed by atoms with Crippen molar-refractivity contribution < 1.29 is 9.53 Å². The first-order valence-electron chi connectivity index (χ1n) is 2.85. The van der Waals surface area contributed by atoms with Crippen molar-refractivity contribution in [3.05, 3.63) is 0 Å². The van der Waals surface area contributed by atoms with Gasteiger partial charge in [0, 0.05) is 5.75 Å². The van der Waals surface area contributed by atoms with Crippen molar-refractivity contribution in [3.8, 4) is 0 Å². The quantitative estimate of drug-likeness (QED) is 0.626. The number of methoxy groups -OCH3 is 1. The zero-order valence-electron chi connectivity index (χ0n) is 5.99. The molecule has 1 N–H and O–H groups in total. The molecule has 0 radical (unpaired) electrons. The molecular formula is C5H9ClN2O2S. The van der Waals surface area contributed by atoms with E-state index in [0.717, 1.165) is 12.3 Å². The van der Waals surface area contributed by atoms with Gasteiger partial charge in [0.05, 0.1) is 13.7 Å². The van der Waals surface area contributed by atoms with E-state index in [1.54, 1.807) is 0 Å². The number of nitrogens with one attached hydrogen (secondary N) is 1. The Morgan fingerprint density at radius 2 is 2.55 bits per heavy atom. The number of amidine groups is 1. The second kappa shape index (κ2) is 5.26. The summed E-state index contributed by atoms with van der Waals surface area (Å²) in [6.07, 6.45) is -0.451. The first-order valence-corrected chi connectivity index (χ1v) is 3.83. The molecule has 0 bridgehead atoms. The molecule has 11 heavy (non-hydrogen) atoms. The van der Waals surface area contributed by atoms with Crippen molar-refractivity contribution in [2.45, 2.75) is 0 Å². The molecule has 1 amide bonds. The Labute approximate surface area is 75.2 Å². The predicted octanol–water partition coefficient (Wildman–Crippen LogP) is 0.867. The Hall–Kier alpha value is -0.420. The number of nitrogens with zero attached hydrogens (tertiary/aromatic N) is 1. The first-order chi connectivity index (χ1) is 4.83. The molecule has 0 aliphatic carbocycles. The summed E-state index contributed by atoms with van der Waals surface area (Å²) in [6.45, 7) is 0.782. The van der Waals surface area contributed by atoms with Crippen LogP contribution in [0.3, 0.4) is 0 Å². The summed E-state index contributed by atoms with van der Waals surface area (Å²) < 4.78 is 4.37. The fraction of sp³-hybridized carbons (Fsp3) is 0.600. The second-order valence-corrected chi connectivity index (χ2v) is 2.74. The lowest BCUT2D eigenvalue weighted by Gasteiger charge is -1.99. The van der Waals surface area contributed by atoms with Crippen molar-refractivity contribution in [3.63, 3.8) is 0 Å². The molecule has 0 unspecified atom stereocenters. The lowest BCUT2D eigenvalue weighted by atomic mass is 10.8. The highest BCUT2D eigenvalue weighted by Crippen LogP contribution is 2.08. The van der Waals surface area contributed by atoms with Gasteiger partial charge in [-0.25, -0.2) is 4.79 Å². The van der Waals surface area contributed by atoms with Gasteiger partial charge in [-0.2, -0.15) is 0 Å². The number of thioether (sulfide) groups is 1. The number of carbonyl (C=O) groups excluding carboxylic acids is 1. The zero-order chi connectivity index (χ0) is 7.40. The van der Waals surface area contributed by atoms with Crippen molar-refractivity contribution in [1.29, 1.82) is 0 Å². The fourth-order valence-corrected chi connectivity index (χ4v) is 1.26. The summed E-state index contributed by atoms with van der Waals surface area (Å²) in [6, 6.07) is 0.